The molecule has 0 aliphatic rings. The van der Waals surface area contributed by atoms with Gasteiger partial charge in [-0.2, -0.15) is 0 Å². The van der Waals surface area contributed by atoms with Gasteiger partial charge in [0.15, 0.2) is 0 Å². The van der Waals surface area contributed by atoms with E-state index in [-0.39, 0.29) is 11.2 Å². The first-order valence-corrected chi connectivity index (χ1v) is 5.59. The molecule has 0 radical (unpaired) electrons. The van der Waals surface area contributed by atoms with Crippen LogP contribution in [0.4, 0.5) is 4.39 Å². The Balaban J connectivity index is 2.91. The van der Waals surface area contributed by atoms with Crippen LogP contribution in [0.1, 0.15) is 31.9 Å². The third-order valence-corrected chi connectivity index (χ3v) is 2.98. The molecule has 2 aromatic carbocycles. The molecule has 0 atom stereocenters. The zero-order valence-electron chi connectivity index (χ0n) is 10.3. The Hall–Kier alpha value is -1.37. The predicted octanol–water partition coefficient (Wildman–Crippen LogP) is 4.58. The predicted molar refractivity (Wildman–Crippen MR) is 67.3 cm³/mol. The number of fused-ring (bicyclic) bond motifs is 1. The van der Waals surface area contributed by atoms with Crippen LogP contribution in [0.25, 0.3) is 10.8 Å². The second-order valence-corrected chi connectivity index (χ2v) is 5.35. The highest BCUT2D eigenvalue weighted by Crippen LogP contribution is 2.32. The van der Waals surface area contributed by atoms with Gasteiger partial charge in [-0.3, -0.25) is 0 Å². The summed E-state index contributed by atoms with van der Waals surface area (Å²) in [7, 11) is 0. The summed E-state index contributed by atoms with van der Waals surface area (Å²) in [5, 5.41) is 1.76. The molecule has 0 heterocycles. The Morgan fingerprint density at radius 2 is 1.69 bits per heavy atom. The first-order chi connectivity index (χ1) is 7.41. The molecule has 0 spiro atoms. The van der Waals surface area contributed by atoms with Crippen molar-refractivity contribution in [3.05, 3.63) is 47.3 Å². The van der Waals surface area contributed by atoms with Crippen molar-refractivity contribution >= 4 is 10.8 Å². The second kappa shape index (κ2) is 3.58. The smallest absolute Gasteiger partial charge is 0.134 e. The first-order valence-electron chi connectivity index (χ1n) is 5.59. The van der Waals surface area contributed by atoms with Crippen molar-refractivity contribution in [1.29, 1.82) is 0 Å². The summed E-state index contributed by atoms with van der Waals surface area (Å²) in [5.41, 5.74) is 1.75. The molecule has 0 saturated heterocycles. The van der Waals surface area contributed by atoms with E-state index in [1.165, 1.54) is 0 Å². The van der Waals surface area contributed by atoms with Crippen LogP contribution in [-0.4, -0.2) is 0 Å². The van der Waals surface area contributed by atoms with E-state index in [2.05, 4.69) is 20.8 Å². The van der Waals surface area contributed by atoms with Gasteiger partial charge in [-0.25, -0.2) is 4.39 Å². The fourth-order valence-electron chi connectivity index (χ4n) is 2.06. The van der Waals surface area contributed by atoms with Crippen molar-refractivity contribution in [2.45, 2.75) is 33.1 Å². The maximum atomic E-state index is 14.2. The van der Waals surface area contributed by atoms with Gasteiger partial charge in [0.1, 0.15) is 5.82 Å². The van der Waals surface area contributed by atoms with Crippen LogP contribution in [-0.2, 0) is 5.41 Å². The van der Waals surface area contributed by atoms with Gasteiger partial charge in [0.25, 0.3) is 0 Å². The Bertz CT molecular complexity index is 533. The lowest BCUT2D eigenvalue weighted by Crippen LogP contribution is -2.12. The van der Waals surface area contributed by atoms with Crippen LogP contribution < -0.4 is 0 Å². The van der Waals surface area contributed by atoms with Crippen LogP contribution in [0.5, 0.6) is 0 Å². The molecule has 0 nitrogen and oxygen atoms in total. The number of benzene rings is 2. The summed E-state index contributed by atoms with van der Waals surface area (Å²) in [6, 6.07) is 9.81. The van der Waals surface area contributed by atoms with Gasteiger partial charge in [-0.05, 0) is 28.9 Å². The molecule has 2 aromatic rings. The maximum absolute atomic E-state index is 14.2. The summed E-state index contributed by atoms with van der Waals surface area (Å²) in [6.07, 6.45) is 0. The second-order valence-electron chi connectivity index (χ2n) is 5.35. The first kappa shape index (κ1) is 11.1. The van der Waals surface area contributed by atoms with E-state index in [4.69, 9.17) is 0 Å². The molecular weight excluding hydrogens is 199 g/mol. The molecule has 0 unspecified atom stereocenters. The molecule has 0 aliphatic heterocycles. The Labute approximate surface area is 96.1 Å². The minimum absolute atomic E-state index is 0.0336. The number of hydrogen-bond acceptors (Lipinski definition) is 0. The van der Waals surface area contributed by atoms with Gasteiger partial charge in [0.2, 0.25) is 0 Å². The molecule has 16 heavy (non-hydrogen) atoms. The number of rotatable bonds is 0. The standard InChI is InChI=1S/C15H17F/c1-10-8-9-11-6-5-7-12(15(2,3)4)13(11)14(10)16/h5-9H,1-4H3. The molecule has 0 aliphatic carbocycles. The Kier molecular flexibility index (Phi) is 2.49. The van der Waals surface area contributed by atoms with Crippen molar-refractivity contribution in [2.75, 3.05) is 0 Å². The number of hydrogen-bond donors (Lipinski definition) is 0. The van der Waals surface area contributed by atoms with Crippen molar-refractivity contribution in [3.8, 4) is 0 Å². The molecule has 0 N–H and O–H groups in total. The van der Waals surface area contributed by atoms with Gasteiger partial charge < -0.3 is 0 Å². The third-order valence-electron chi connectivity index (χ3n) is 2.98. The minimum Gasteiger partial charge on any atom is -0.206 e. The monoisotopic (exact) mass is 216 g/mol. The van der Waals surface area contributed by atoms with Gasteiger partial charge in [0, 0.05) is 5.39 Å². The highest BCUT2D eigenvalue weighted by Gasteiger charge is 2.19. The lowest BCUT2D eigenvalue weighted by Gasteiger charge is -2.22. The Morgan fingerprint density at radius 3 is 2.31 bits per heavy atom. The molecule has 0 saturated carbocycles. The van der Waals surface area contributed by atoms with Gasteiger partial charge in [0.05, 0.1) is 0 Å². The quantitative estimate of drug-likeness (QED) is 0.604. The van der Waals surface area contributed by atoms with Crippen LogP contribution in [0.15, 0.2) is 30.3 Å². The fourth-order valence-corrected chi connectivity index (χ4v) is 2.06. The number of halogens is 1. The molecule has 84 valence electrons. The average molecular weight is 216 g/mol. The van der Waals surface area contributed by atoms with Crippen molar-refractivity contribution in [3.63, 3.8) is 0 Å². The summed E-state index contributed by atoms with van der Waals surface area (Å²) >= 11 is 0. The molecule has 0 amide bonds. The summed E-state index contributed by atoms with van der Waals surface area (Å²) in [4.78, 5) is 0. The number of aryl methyl sites for hydroxylation is 1. The highest BCUT2D eigenvalue weighted by atomic mass is 19.1. The van der Waals surface area contributed by atoms with E-state index >= 15 is 0 Å². The van der Waals surface area contributed by atoms with E-state index in [9.17, 15) is 4.39 Å². The van der Waals surface area contributed by atoms with E-state index in [0.717, 1.165) is 16.3 Å². The third kappa shape index (κ3) is 1.71. The van der Waals surface area contributed by atoms with Gasteiger partial charge in [-0.15, -0.1) is 0 Å². The van der Waals surface area contributed by atoms with Crippen LogP contribution >= 0.6 is 0 Å². The highest BCUT2D eigenvalue weighted by molar-refractivity contribution is 5.87. The van der Waals surface area contributed by atoms with Gasteiger partial charge in [-0.1, -0.05) is 51.1 Å². The SMILES string of the molecule is Cc1ccc2cccc(C(C)(C)C)c2c1F. The van der Waals surface area contributed by atoms with Gasteiger partial charge >= 0.3 is 0 Å². The maximum Gasteiger partial charge on any atom is 0.134 e. The fraction of sp³-hybridized carbons (Fsp3) is 0.333. The zero-order valence-corrected chi connectivity index (χ0v) is 10.3. The lowest BCUT2D eigenvalue weighted by molar-refractivity contribution is 0.585. The van der Waals surface area contributed by atoms with Crippen molar-refractivity contribution in [2.24, 2.45) is 0 Å². The Morgan fingerprint density at radius 1 is 1.00 bits per heavy atom. The van der Waals surface area contributed by atoms with Crippen LogP contribution in [0.2, 0.25) is 0 Å². The van der Waals surface area contributed by atoms with E-state index in [0.29, 0.717) is 5.56 Å². The van der Waals surface area contributed by atoms with Crippen molar-refractivity contribution in [1.82, 2.24) is 0 Å². The largest absolute Gasteiger partial charge is 0.206 e. The zero-order chi connectivity index (χ0) is 11.9. The minimum atomic E-state index is -0.0805. The average Bonchev–Trinajstić information content (AvgIpc) is 2.21. The van der Waals surface area contributed by atoms with E-state index < -0.39 is 0 Å². The van der Waals surface area contributed by atoms with E-state index in [1.54, 1.807) is 0 Å². The summed E-state index contributed by atoms with van der Waals surface area (Å²) in [5.74, 6) is -0.0805. The molecule has 1 heteroatoms. The molecule has 2 rings (SSSR count). The topological polar surface area (TPSA) is 0 Å². The van der Waals surface area contributed by atoms with Crippen molar-refractivity contribution < 1.29 is 4.39 Å². The molecule has 0 aromatic heterocycles. The lowest BCUT2D eigenvalue weighted by atomic mass is 9.83. The molecule has 0 fully saturated rings. The summed E-state index contributed by atoms with van der Waals surface area (Å²) < 4.78 is 14.2. The van der Waals surface area contributed by atoms with E-state index in [1.807, 2.05) is 37.3 Å². The van der Waals surface area contributed by atoms with Crippen LogP contribution in [0, 0.1) is 12.7 Å². The van der Waals surface area contributed by atoms with Crippen LogP contribution in [0.3, 0.4) is 0 Å². The summed E-state index contributed by atoms with van der Waals surface area (Å²) in [6.45, 7) is 8.16. The molecule has 0 bridgehead atoms. The normalized spacial score (nSPS) is 12.1. The molecular formula is C15H17F.